The molecule has 0 unspecified atom stereocenters. The first-order valence-electron chi connectivity index (χ1n) is 17.6. The van der Waals surface area contributed by atoms with Gasteiger partial charge in [-0.25, -0.2) is 0 Å². The van der Waals surface area contributed by atoms with Gasteiger partial charge in [0.15, 0.2) is 0 Å². The van der Waals surface area contributed by atoms with Crippen molar-refractivity contribution in [2.45, 2.75) is 0 Å². The predicted molar refractivity (Wildman–Crippen MR) is 214 cm³/mol. The maximum absolute atomic E-state index is 4.78. The zero-order valence-electron chi connectivity index (χ0n) is 27.7. The van der Waals surface area contributed by atoms with Crippen molar-refractivity contribution in [2.75, 3.05) is 0 Å². The van der Waals surface area contributed by atoms with Gasteiger partial charge in [0.25, 0.3) is 0 Å². The minimum atomic E-state index is 1.03. The van der Waals surface area contributed by atoms with E-state index in [1.54, 1.807) is 0 Å². The van der Waals surface area contributed by atoms with Crippen LogP contribution in [0.2, 0.25) is 0 Å². The van der Waals surface area contributed by atoms with E-state index in [1.165, 1.54) is 77.2 Å². The van der Waals surface area contributed by atoms with Crippen molar-refractivity contribution in [1.29, 1.82) is 0 Å². The lowest BCUT2D eigenvalue weighted by Crippen LogP contribution is -1.94. The van der Waals surface area contributed by atoms with Crippen LogP contribution in [0.25, 0.3) is 105 Å². The van der Waals surface area contributed by atoms with Crippen LogP contribution < -0.4 is 0 Å². The number of hydrogen-bond donors (Lipinski definition) is 0. The molecule has 11 rings (SSSR count). The number of benzene rings is 8. The normalized spacial score (nSPS) is 11.9. The molecule has 2 nitrogen and oxygen atoms in total. The van der Waals surface area contributed by atoms with Crippen LogP contribution >= 0.6 is 0 Å². The zero-order chi connectivity index (χ0) is 33.5. The molecule has 1 aliphatic rings. The van der Waals surface area contributed by atoms with Gasteiger partial charge in [-0.05, 0) is 108 Å². The molecule has 0 atom stereocenters. The molecule has 1 aliphatic carbocycles. The van der Waals surface area contributed by atoms with E-state index in [0.717, 1.165) is 27.6 Å². The fraction of sp³-hybridized carbons (Fsp3) is 0. The Labute approximate surface area is 295 Å². The first-order valence-corrected chi connectivity index (χ1v) is 17.6. The van der Waals surface area contributed by atoms with Gasteiger partial charge in [0.2, 0.25) is 0 Å². The maximum atomic E-state index is 4.78. The van der Waals surface area contributed by atoms with Gasteiger partial charge in [0, 0.05) is 17.3 Å². The van der Waals surface area contributed by atoms with E-state index >= 15 is 0 Å². The fourth-order valence-electron chi connectivity index (χ4n) is 8.74. The highest BCUT2D eigenvalue weighted by atomic mass is 15.0. The second kappa shape index (κ2) is 10.9. The monoisotopic (exact) mass is 646 g/mol. The highest BCUT2D eigenvalue weighted by Crippen LogP contribution is 2.58. The number of para-hydroxylation sites is 1. The SMILES string of the molecule is c1ccc(-c2c3c(c(-c4ccccc4)c4ccccc24)-c2ccc(-c4cccc(-n5c6ccccc6c6ncccc65)c4)c4cccc-3c24)cc1. The van der Waals surface area contributed by atoms with Crippen molar-refractivity contribution < 1.29 is 0 Å². The van der Waals surface area contributed by atoms with Gasteiger partial charge < -0.3 is 4.57 Å². The Bertz CT molecular complexity index is 2860. The first-order chi connectivity index (χ1) is 25.3. The van der Waals surface area contributed by atoms with Gasteiger partial charge in [0.05, 0.1) is 16.6 Å². The molecule has 2 heterocycles. The van der Waals surface area contributed by atoms with Crippen molar-refractivity contribution in [3.63, 3.8) is 0 Å². The number of nitrogens with zero attached hydrogens (tertiary/aromatic N) is 2. The molecule has 0 fully saturated rings. The van der Waals surface area contributed by atoms with E-state index < -0.39 is 0 Å². The summed E-state index contributed by atoms with van der Waals surface area (Å²) < 4.78 is 2.35. The largest absolute Gasteiger partial charge is 0.308 e. The summed E-state index contributed by atoms with van der Waals surface area (Å²) in [6, 6.07) is 64.2. The summed E-state index contributed by atoms with van der Waals surface area (Å²) in [5.41, 5.74) is 17.2. The summed E-state index contributed by atoms with van der Waals surface area (Å²) in [7, 11) is 0. The minimum absolute atomic E-state index is 1.03. The summed E-state index contributed by atoms with van der Waals surface area (Å²) >= 11 is 0. The van der Waals surface area contributed by atoms with Gasteiger partial charge in [0.1, 0.15) is 0 Å². The van der Waals surface area contributed by atoms with Crippen LogP contribution in [-0.4, -0.2) is 9.55 Å². The molecule has 0 saturated heterocycles. The molecule has 2 heteroatoms. The third kappa shape index (κ3) is 4.02. The highest BCUT2D eigenvalue weighted by molar-refractivity contribution is 6.28. The Kier molecular flexibility index (Phi) is 5.99. The van der Waals surface area contributed by atoms with E-state index in [1.807, 2.05) is 12.3 Å². The smallest absolute Gasteiger partial charge is 0.0963 e. The molecule has 2 aromatic heterocycles. The zero-order valence-corrected chi connectivity index (χ0v) is 27.7. The van der Waals surface area contributed by atoms with E-state index in [2.05, 4.69) is 174 Å². The molecule has 8 aromatic carbocycles. The Balaban J connectivity index is 1.20. The van der Waals surface area contributed by atoms with E-state index in [0.29, 0.717) is 0 Å². The third-order valence-electron chi connectivity index (χ3n) is 10.8. The molecule has 0 spiro atoms. The second-order valence-electron chi connectivity index (χ2n) is 13.4. The Morgan fingerprint density at radius 2 is 0.902 bits per heavy atom. The Morgan fingerprint density at radius 1 is 0.353 bits per heavy atom. The van der Waals surface area contributed by atoms with Gasteiger partial charge in [-0.15, -0.1) is 0 Å². The molecule has 10 aromatic rings. The van der Waals surface area contributed by atoms with Crippen LogP contribution in [0.4, 0.5) is 0 Å². The van der Waals surface area contributed by atoms with Gasteiger partial charge in [-0.1, -0.05) is 146 Å². The third-order valence-corrected chi connectivity index (χ3v) is 10.8. The fourth-order valence-corrected chi connectivity index (χ4v) is 8.74. The topological polar surface area (TPSA) is 17.8 Å². The van der Waals surface area contributed by atoms with Crippen LogP contribution in [-0.2, 0) is 0 Å². The van der Waals surface area contributed by atoms with E-state index in [9.17, 15) is 0 Å². The lowest BCUT2D eigenvalue weighted by molar-refractivity contribution is 1.18. The van der Waals surface area contributed by atoms with Gasteiger partial charge in [-0.2, -0.15) is 0 Å². The average molecular weight is 647 g/mol. The Morgan fingerprint density at radius 3 is 1.63 bits per heavy atom. The van der Waals surface area contributed by atoms with Crippen LogP contribution in [0.1, 0.15) is 0 Å². The molecule has 0 aliphatic heterocycles. The molecule has 0 amide bonds. The van der Waals surface area contributed by atoms with Crippen molar-refractivity contribution in [2.24, 2.45) is 0 Å². The predicted octanol–water partition coefficient (Wildman–Crippen LogP) is 13.1. The molecular weight excluding hydrogens is 617 g/mol. The number of pyridine rings is 1. The number of hydrogen-bond acceptors (Lipinski definition) is 1. The molecule has 0 radical (unpaired) electrons. The van der Waals surface area contributed by atoms with Gasteiger partial charge >= 0.3 is 0 Å². The lowest BCUT2D eigenvalue weighted by atomic mass is 9.82. The Hall–Kier alpha value is -6.77. The molecular formula is C49H30N2. The molecule has 0 bridgehead atoms. The van der Waals surface area contributed by atoms with Gasteiger partial charge in [-0.3, -0.25) is 4.98 Å². The van der Waals surface area contributed by atoms with E-state index in [-0.39, 0.29) is 0 Å². The number of rotatable bonds is 4. The van der Waals surface area contributed by atoms with Crippen molar-refractivity contribution in [3.05, 3.63) is 182 Å². The number of aromatic nitrogens is 2. The lowest BCUT2D eigenvalue weighted by Gasteiger charge is -2.20. The number of fused-ring (bicyclic) bond motifs is 7. The van der Waals surface area contributed by atoms with Crippen LogP contribution in [0.5, 0.6) is 0 Å². The first kappa shape index (κ1) is 28.1. The average Bonchev–Trinajstić information content (AvgIpc) is 3.72. The van der Waals surface area contributed by atoms with Crippen molar-refractivity contribution in [1.82, 2.24) is 9.55 Å². The van der Waals surface area contributed by atoms with Crippen LogP contribution in [0.3, 0.4) is 0 Å². The van der Waals surface area contributed by atoms with Crippen LogP contribution in [0.15, 0.2) is 182 Å². The summed E-state index contributed by atoms with van der Waals surface area (Å²) in [5, 5.41) is 6.31. The summed E-state index contributed by atoms with van der Waals surface area (Å²) in [5.74, 6) is 0. The highest BCUT2D eigenvalue weighted by Gasteiger charge is 2.31. The van der Waals surface area contributed by atoms with E-state index in [4.69, 9.17) is 4.98 Å². The molecule has 0 N–H and O–H groups in total. The second-order valence-corrected chi connectivity index (χ2v) is 13.4. The summed E-state index contributed by atoms with van der Waals surface area (Å²) in [4.78, 5) is 4.78. The standard InChI is InChI=1S/C49H30N2/c1-3-14-31(15-4-1)44-37-20-7-8-21-38(37)45(32-16-5-2-6-17-32)48-41-28-27-35(36-23-12-24-40(46(36)41)47(44)48)33-18-11-19-34(30-33)51-42-25-10-9-22-39(42)49-43(51)26-13-29-50-49/h1-30H. The quantitative estimate of drug-likeness (QED) is 0.186. The van der Waals surface area contributed by atoms with Crippen molar-refractivity contribution in [3.8, 4) is 61.3 Å². The molecule has 51 heavy (non-hydrogen) atoms. The van der Waals surface area contributed by atoms with Crippen LogP contribution in [0, 0.1) is 0 Å². The van der Waals surface area contributed by atoms with Crippen molar-refractivity contribution >= 4 is 43.5 Å². The minimum Gasteiger partial charge on any atom is -0.308 e. The maximum Gasteiger partial charge on any atom is 0.0963 e. The summed E-state index contributed by atoms with van der Waals surface area (Å²) in [6.45, 7) is 0. The molecule has 0 saturated carbocycles. The molecule has 236 valence electrons. The summed E-state index contributed by atoms with van der Waals surface area (Å²) in [6.07, 6.45) is 1.88.